The maximum absolute atomic E-state index is 3.93. The Kier molecular flexibility index (Phi) is 4.22. The molecule has 19 heavy (non-hydrogen) atoms. The highest BCUT2D eigenvalue weighted by Crippen LogP contribution is 2.70. The van der Waals surface area contributed by atoms with Crippen LogP contribution in [0.25, 0.3) is 0 Å². The van der Waals surface area contributed by atoms with Crippen molar-refractivity contribution in [2.24, 2.45) is 35.5 Å². The summed E-state index contributed by atoms with van der Waals surface area (Å²) in [5.74, 6) is 6.57. The zero-order valence-electron chi connectivity index (χ0n) is 13.2. The third kappa shape index (κ3) is 2.48. The van der Waals surface area contributed by atoms with Crippen molar-refractivity contribution in [1.82, 2.24) is 5.32 Å². The van der Waals surface area contributed by atoms with Crippen LogP contribution in [0.5, 0.6) is 0 Å². The predicted octanol–water partition coefficient (Wildman–Crippen LogP) is 4.47. The van der Waals surface area contributed by atoms with E-state index in [1.807, 2.05) is 0 Å². The molecule has 110 valence electrons. The second-order valence-corrected chi connectivity index (χ2v) is 7.54. The lowest BCUT2D eigenvalue weighted by Crippen LogP contribution is -2.35. The number of nitrogens with one attached hydrogen (secondary N) is 1. The van der Waals surface area contributed by atoms with Gasteiger partial charge in [0.1, 0.15) is 0 Å². The lowest BCUT2D eigenvalue weighted by Gasteiger charge is -2.25. The first-order chi connectivity index (χ1) is 9.30. The highest BCUT2D eigenvalue weighted by molar-refractivity contribution is 5.15. The highest BCUT2D eigenvalue weighted by atomic mass is 14.9. The highest BCUT2D eigenvalue weighted by Gasteiger charge is 2.66. The standard InChI is InChI=1S/C18H33N/c1-4-9-19-15(10-12(5-2)6-3)18-16-13-7-8-14(11-13)17(16)18/h12-19H,4-11H2,1-3H3. The molecule has 0 aliphatic heterocycles. The summed E-state index contributed by atoms with van der Waals surface area (Å²) in [4.78, 5) is 0. The Morgan fingerprint density at radius 1 is 1.00 bits per heavy atom. The average Bonchev–Trinajstić information content (AvgIpc) is 2.87. The Morgan fingerprint density at radius 3 is 2.16 bits per heavy atom. The number of hydrogen-bond acceptors (Lipinski definition) is 1. The van der Waals surface area contributed by atoms with E-state index in [4.69, 9.17) is 0 Å². The van der Waals surface area contributed by atoms with Gasteiger partial charge in [-0.25, -0.2) is 0 Å². The molecule has 0 saturated heterocycles. The van der Waals surface area contributed by atoms with Crippen LogP contribution in [-0.4, -0.2) is 12.6 Å². The van der Waals surface area contributed by atoms with E-state index >= 15 is 0 Å². The van der Waals surface area contributed by atoms with E-state index in [2.05, 4.69) is 26.1 Å². The van der Waals surface area contributed by atoms with E-state index in [9.17, 15) is 0 Å². The summed E-state index contributed by atoms with van der Waals surface area (Å²) < 4.78 is 0. The SMILES string of the molecule is CCCNC(CC(CC)CC)C1C2C3CCC(C3)C21. The first-order valence-corrected chi connectivity index (χ1v) is 9.03. The van der Waals surface area contributed by atoms with Crippen LogP contribution in [0.15, 0.2) is 0 Å². The fraction of sp³-hybridized carbons (Fsp3) is 1.00. The van der Waals surface area contributed by atoms with E-state index in [1.165, 1.54) is 32.2 Å². The number of hydrogen-bond donors (Lipinski definition) is 1. The van der Waals surface area contributed by atoms with Gasteiger partial charge in [0.25, 0.3) is 0 Å². The third-order valence-electron chi connectivity index (χ3n) is 6.66. The lowest BCUT2D eigenvalue weighted by atomic mass is 9.88. The Labute approximate surface area is 119 Å². The van der Waals surface area contributed by atoms with Crippen molar-refractivity contribution in [3.63, 3.8) is 0 Å². The van der Waals surface area contributed by atoms with Crippen LogP contribution >= 0.6 is 0 Å². The zero-order valence-corrected chi connectivity index (χ0v) is 13.2. The molecule has 0 aromatic rings. The molecule has 3 saturated carbocycles. The molecule has 0 spiro atoms. The third-order valence-corrected chi connectivity index (χ3v) is 6.66. The van der Waals surface area contributed by atoms with Gasteiger partial charge in [-0.1, -0.05) is 33.6 Å². The Morgan fingerprint density at radius 2 is 1.63 bits per heavy atom. The Hall–Kier alpha value is -0.0400. The Balaban J connectivity index is 1.60. The Bertz CT molecular complexity index is 280. The second kappa shape index (κ2) is 5.76. The average molecular weight is 263 g/mol. The predicted molar refractivity (Wildman–Crippen MR) is 82.1 cm³/mol. The van der Waals surface area contributed by atoms with Gasteiger partial charge < -0.3 is 5.32 Å². The fourth-order valence-electron chi connectivity index (χ4n) is 5.62. The molecule has 3 rings (SSSR count). The van der Waals surface area contributed by atoms with Crippen LogP contribution in [0.3, 0.4) is 0 Å². The maximum atomic E-state index is 3.93. The first-order valence-electron chi connectivity index (χ1n) is 9.03. The molecule has 3 aliphatic rings. The minimum Gasteiger partial charge on any atom is -0.314 e. The van der Waals surface area contributed by atoms with Crippen LogP contribution in [0.1, 0.15) is 65.7 Å². The molecule has 0 radical (unpaired) electrons. The largest absolute Gasteiger partial charge is 0.314 e. The van der Waals surface area contributed by atoms with Gasteiger partial charge >= 0.3 is 0 Å². The monoisotopic (exact) mass is 263 g/mol. The van der Waals surface area contributed by atoms with Gasteiger partial charge in [-0.15, -0.1) is 0 Å². The summed E-state index contributed by atoms with van der Waals surface area (Å²) in [6.45, 7) is 8.29. The maximum Gasteiger partial charge on any atom is 0.0104 e. The molecule has 0 heterocycles. The van der Waals surface area contributed by atoms with E-state index in [0.29, 0.717) is 0 Å². The summed E-state index contributed by atoms with van der Waals surface area (Å²) in [7, 11) is 0. The molecule has 3 fully saturated rings. The van der Waals surface area contributed by atoms with Crippen LogP contribution in [-0.2, 0) is 0 Å². The molecule has 2 bridgehead atoms. The summed E-state index contributed by atoms with van der Waals surface area (Å²) >= 11 is 0. The molecular formula is C18H33N. The van der Waals surface area contributed by atoms with Gasteiger partial charge in [0, 0.05) is 6.04 Å². The molecule has 1 heteroatoms. The summed E-state index contributed by atoms with van der Waals surface area (Å²) in [5.41, 5.74) is 0. The number of rotatable bonds is 8. The van der Waals surface area contributed by atoms with Gasteiger partial charge in [0.15, 0.2) is 0 Å². The topological polar surface area (TPSA) is 12.0 Å². The van der Waals surface area contributed by atoms with Crippen molar-refractivity contribution < 1.29 is 0 Å². The molecule has 0 amide bonds. The molecular weight excluding hydrogens is 230 g/mol. The van der Waals surface area contributed by atoms with Crippen molar-refractivity contribution in [2.75, 3.05) is 6.54 Å². The second-order valence-electron chi connectivity index (χ2n) is 7.54. The lowest BCUT2D eigenvalue weighted by molar-refractivity contribution is 0.297. The molecule has 1 N–H and O–H groups in total. The van der Waals surface area contributed by atoms with Crippen molar-refractivity contribution in [3.05, 3.63) is 0 Å². The van der Waals surface area contributed by atoms with Gasteiger partial charge in [0.2, 0.25) is 0 Å². The number of fused-ring (bicyclic) bond motifs is 5. The van der Waals surface area contributed by atoms with E-state index < -0.39 is 0 Å². The fourth-order valence-corrected chi connectivity index (χ4v) is 5.62. The summed E-state index contributed by atoms with van der Waals surface area (Å²) in [6.07, 6.45) is 10.2. The zero-order chi connectivity index (χ0) is 13.4. The van der Waals surface area contributed by atoms with Crippen molar-refractivity contribution in [2.45, 2.75) is 71.8 Å². The van der Waals surface area contributed by atoms with Crippen LogP contribution in [0.2, 0.25) is 0 Å². The van der Waals surface area contributed by atoms with E-state index in [1.54, 1.807) is 19.3 Å². The smallest absolute Gasteiger partial charge is 0.0104 e. The molecule has 0 aromatic heterocycles. The normalized spacial score (nSPS) is 40.7. The van der Waals surface area contributed by atoms with Gasteiger partial charge in [-0.2, -0.15) is 0 Å². The summed E-state index contributed by atoms with van der Waals surface area (Å²) in [6, 6.07) is 0.850. The van der Waals surface area contributed by atoms with Gasteiger partial charge in [-0.3, -0.25) is 0 Å². The van der Waals surface area contributed by atoms with Crippen molar-refractivity contribution >= 4 is 0 Å². The van der Waals surface area contributed by atoms with Gasteiger partial charge in [0.05, 0.1) is 0 Å². The summed E-state index contributed by atoms with van der Waals surface area (Å²) in [5, 5.41) is 3.93. The quantitative estimate of drug-likeness (QED) is 0.681. The van der Waals surface area contributed by atoms with Crippen molar-refractivity contribution in [1.29, 1.82) is 0 Å². The van der Waals surface area contributed by atoms with Crippen LogP contribution < -0.4 is 5.32 Å². The minimum atomic E-state index is 0.850. The molecule has 3 aliphatic carbocycles. The molecule has 5 unspecified atom stereocenters. The van der Waals surface area contributed by atoms with E-state index in [0.717, 1.165) is 41.5 Å². The van der Waals surface area contributed by atoms with E-state index in [-0.39, 0.29) is 0 Å². The molecule has 5 atom stereocenters. The first kappa shape index (κ1) is 13.9. The van der Waals surface area contributed by atoms with Crippen molar-refractivity contribution in [3.8, 4) is 0 Å². The van der Waals surface area contributed by atoms with Gasteiger partial charge in [-0.05, 0) is 74.2 Å². The minimum absolute atomic E-state index is 0.850. The molecule has 0 aromatic carbocycles. The van der Waals surface area contributed by atoms with Crippen LogP contribution in [0.4, 0.5) is 0 Å². The van der Waals surface area contributed by atoms with Crippen LogP contribution in [0, 0.1) is 35.5 Å². The molecule has 1 nitrogen and oxygen atoms in total.